The lowest BCUT2D eigenvalue weighted by Crippen LogP contribution is -2.45. The number of rotatable bonds is 0. The number of halogens is 1. The van der Waals surface area contributed by atoms with Gasteiger partial charge in [0.2, 0.25) is 0 Å². The van der Waals surface area contributed by atoms with Gasteiger partial charge in [0.05, 0.1) is 16.4 Å². The Balaban J connectivity index is 1.97. The molecule has 0 atom stereocenters. The standard InChI is InChI=1S/C16H22ClN3O2/c1-15(2,3)22-14(21)20-10-16(4-6-18-7-5-16)13-12(20)8-11(17)9-19-13/h8-9,18H,4-7,10H2,1-3H3. The molecule has 0 radical (unpaired) electrons. The summed E-state index contributed by atoms with van der Waals surface area (Å²) < 4.78 is 5.55. The number of carbonyl (C=O) groups is 1. The number of aromatic nitrogens is 1. The number of anilines is 1. The normalized spacial score (nSPS) is 20.1. The zero-order chi connectivity index (χ0) is 16.0. The van der Waals surface area contributed by atoms with Crippen molar-refractivity contribution in [3.05, 3.63) is 23.0 Å². The third kappa shape index (κ3) is 2.79. The van der Waals surface area contributed by atoms with E-state index in [1.54, 1.807) is 11.1 Å². The van der Waals surface area contributed by atoms with Crippen molar-refractivity contribution in [2.45, 2.75) is 44.6 Å². The van der Waals surface area contributed by atoms with Gasteiger partial charge in [-0.2, -0.15) is 0 Å². The van der Waals surface area contributed by atoms with E-state index in [1.807, 2.05) is 26.8 Å². The molecule has 1 saturated heterocycles. The van der Waals surface area contributed by atoms with Gasteiger partial charge in [0.25, 0.3) is 0 Å². The molecule has 1 amide bonds. The van der Waals surface area contributed by atoms with Crippen molar-refractivity contribution in [1.29, 1.82) is 0 Å². The summed E-state index contributed by atoms with van der Waals surface area (Å²) in [5.41, 5.74) is 1.17. The zero-order valence-electron chi connectivity index (χ0n) is 13.3. The van der Waals surface area contributed by atoms with E-state index in [4.69, 9.17) is 16.3 Å². The lowest BCUT2D eigenvalue weighted by atomic mass is 9.77. The van der Waals surface area contributed by atoms with Crippen LogP contribution in [-0.4, -0.2) is 36.3 Å². The molecule has 22 heavy (non-hydrogen) atoms. The monoisotopic (exact) mass is 323 g/mol. The number of hydrogen-bond acceptors (Lipinski definition) is 4. The summed E-state index contributed by atoms with van der Waals surface area (Å²) >= 11 is 6.10. The molecule has 0 saturated carbocycles. The van der Waals surface area contributed by atoms with Crippen LogP contribution in [0.25, 0.3) is 0 Å². The van der Waals surface area contributed by atoms with Crippen molar-refractivity contribution < 1.29 is 9.53 Å². The van der Waals surface area contributed by atoms with Gasteiger partial charge in [-0.3, -0.25) is 9.88 Å². The average Bonchev–Trinajstić information content (AvgIpc) is 2.72. The van der Waals surface area contributed by atoms with Gasteiger partial charge in [-0.05, 0) is 52.8 Å². The second kappa shape index (κ2) is 5.39. The van der Waals surface area contributed by atoms with Gasteiger partial charge in [-0.1, -0.05) is 11.6 Å². The van der Waals surface area contributed by atoms with Crippen molar-refractivity contribution in [3.63, 3.8) is 0 Å². The number of fused-ring (bicyclic) bond motifs is 2. The highest BCUT2D eigenvalue weighted by atomic mass is 35.5. The van der Waals surface area contributed by atoms with Crippen LogP contribution >= 0.6 is 11.6 Å². The van der Waals surface area contributed by atoms with Crippen LogP contribution in [0.15, 0.2) is 12.3 Å². The number of piperidine rings is 1. The summed E-state index contributed by atoms with van der Waals surface area (Å²) in [6.07, 6.45) is 3.28. The molecule has 2 aliphatic heterocycles. The average molecular weight is 324 g/mol. The number of nitrogens with zero attached hydrogens (tertiary/aromatic N) is 2. The lowest BCUT2D eigenvalue weighted by Gasteiger charge is -2.34. The maximum Gasteiger partial charge on any atom is 0.414 e. The molecule has 120 valence electrons. The Morgan fingerprint density at radius 1 is 1.41 bits per heavy atom. The number of hydrogen-bond donors (Lipinski definition) is 1. The molecule has 2 aliphatic rings. The molecule has 3 heterocycles. The fraction of sp³-hybridized carbons (Fsp3) is 0.625. The minimum absolute atomic E-state index is 0.0813. The topological polar surface area (TPSA) is 54.5 Å². The first-order valence-corrected chi connectivity index (χ1v) is 8.06. The predicted molar refractivity (Wildman–Crippen MR) is 86.6 cm³/mol. The van der Waals surface area contributed by atoms with Crippen molar-refractivity contribution >= 4 is 23.4 Å². The van der Waals surface area contributed by atoms with Gasteiger partial charge < -0.3 is 10.1 Å². The molecular formula is C16H22ClN3O2. The highest BCUT2D eigenvalue weighted by Crippen LogP contribution is 2.45. The Hall–Kier alpha value is -1.33. The lowest BCUT2D eigenvalue weighted by molar-refractivity contribution is 0.0575. The Bertz CT molecular complexity index is 592. The van der Waals surface area contributed by atoms with E-state index in [9.17, 15) is 4.79 Å². The summed E-state index contributed by atoms with van der Waals surface area (Å²) in [5.74, 6) is 0. The largest absolute Gasteiger partial charge is 0.443 e. The molecule has 1 aromatic rings. The first kappa shape index (κ1) is 15.6. The smallest absolute Gasteiger partial charge is 0.414 e. The highest BCUT2D eigenvalue weighted by molar-refractivity contribution is 6.30. The first-order valence-electron chi connectivity index (χ1n) is 7.68. The quantitative estimate of drug-likeness (QED) is 0.797. The van der Waals surface area contributed by atoms with Gasteiger partial charge in [0.15, 0.2) is 0 Å². The van der Waals surface area contributed by atoms with Gasteiger partial charge in [-0.15, -0.1) is 0 Å². The number of carbonyl (C=O) groups excluding carboxylic acids is 1. The molecular weight excluding hydrogens is 302 g/mol. The van der Waals surface area contributed by atoms with Crippen LogP contribution in [0, 0.1) is 0 Å². The SMILES string of the molecule is CC(C)(C)OC(=O)N1CC2(CCNCC2)c2ncc(Cl)cc21. The van der Waals surface area contributed by atoms with Crippen molar-refractivity contribution in [3.8, 4) is 0 Å². The molecule has 0 bridgehead atoms. The first-order chi connectivity index (χ1) is 10.3. The number of nitrogens with one attached hydrogen (secondary N) is 1. The summed E-state index contributed by atoms with van der Waals surface area (Å²) in [7, 11) is 0. The van der Waals surface area contributed by atoms with Crippen molar-refractivity contribution in [1.82, 2.24) is 10.3 Å². The molecule has 1 spiro atoms. The Labute approximate surface area is 136 Å². The molecule has 5 nitrogen and oxygen atoms in total. The maximum absolute atomic E-state index is 12.6. The zero-order valence-corrected chi connectivity index (χ0v) is 14.0. The van der Waals surface area contributed by atoms with Crippen LogP contribution in [0.2, 0.25) is 5.02 Å². The summed E-state index contributed by atoms with van der Waals surface area (Å²) in [5, 5.41) is 3.91. The molecule has 0 unspecified atom stereocenters. The second-order valence-electron chi connectivity index (χ2n) is 7.12. The molecule has 1 aromatic heterocycles. The predicted octanol–water partition coefficient (Wildman–Crippen LogP) is 3.11. The molecule has 0 aromatic carbocycles. The van der Waals surface area contributed by atoms with Gasteiger partial charge >= 0.3 is 6.09 Å². The number of amides is 1. The van der Waals surface area contributed by atoms with E-state index < -0.39 is 5.60 Å². The van der Waals surface area contributed by atoms with Crippen molar-refractivity contribution in [2.24, 2.45) is 0 Å². The van der Waals surface area contributed by atoms with Crippen LogP contribution < -0.4 is 10.2 Å². The molecule has 6 heteroatoms. The third-order valence-electron chi connectivity index (χ3n) is 4.26. The highest BCUT2D eigenvalue weighted by Gasteiger charge is 2.47. The van der Waals surface area contributed by atoms with Crippen LogP contribution in [0.4, 0.5) is 10.5 Å². The van der Waals surface area contributed by atoms with E-state index in [2.05, 4.69) is 10.3 Å². The fourth-order valence-corrected chi connectivity index (χ4v) is 3.44. The van der Waals surface area contributed by atoms with Gasteiger partial charge in [0.1, 0.15) is 5.60 Å². The van der Waals surface area contributed by atoms with Crippen molar-refractivity contribution in [2.75, 3.05) is 24.5 Å². The second-order valence-corrected chi connectivity index (χ2v) is 7.55. The summed E-state index contributed by atoms with van der Waals surface area (Å²) in [6.45, 7) is 8.11. The molecule has 1 fully saturated rings. The molecule has 3 rings (SSSR count). The van der Waals surface area contributed by atoms with Gasteiger partial charge in [-0.25, -0.2) is 4.79 Å². The van der Waals surface area contributed by atoms with E-state index >= 15 is 0 Å². The molecule has 0 aliphatic carbocycles. The number of pyridine rings is 1. The Morgan fingerprint density at radius 3 is 2.73 bits per heavy atom. The number of ether oxygens (including phenoxy) is 1. The van der Waals surface area contributed by atoms with Gasteiger partial charge in [0, 0.05) is 18.2 Å². The summed E-state index contributed by atoms with van der Waals surface area (Å²) in [6, 6.07) is 1.82. The minimum atomic E-state index is -0.521. The Morgan fingerprint density at radius 2 is 2.09 bits per heavy atom. The maximum atomic E-state index is 12.6. The fourth-order valence-electron chi connectivity index (χ4n) is 3.29. The van der Waals surface area contributed by atoms with E-state index in [1.165, 1.54) is 0 Å². The van der Waals surface area contributed by atoms with Crippen LogP contribution in [0.3, 0.4) is 0 Å². The third-order valence-corrected chi connectivity index (χ3v) is 4.47. The Kier molecular flexibility index (Phi) is 3.81. The van der Waals surface area contributed by atoms with Crippen LogP contribution in [0.5, 0.6) is 0 Å². The summed E-state index contributed by atoms with van der Waals surface area (Å²) in [4.78, 5) is 18.8. The molecule has 1 N–H and O–H groups in total. The minimum Gasteiger partial charge on any atom is -0.443 e. The van der Waals surface area contributed by atoms with E-state index in [-0.39, 0.29) is 11.5 Å². The van der Waals surface area contributed by atoms with E-state index in [0.29, 0.717) is 11.6 Å². The van der Waals surface area contributed by atoms with E-state index in [0.717, 1.165) is 37.3 Å². The van der Waals surface area contributed by atoms with Crippen LogP contribution in [0.1, 0.15) is 39.3 Å². The van der Waals surface area contributed by atoms with Crippen LogP contribution in [-0.2, 0) is 10.2 Å².